The van der Waals surface area contributed by atoms with Gasteiger partial charge >= 0.3 is 6.03 Å². The monoisotopic (exact) mass is 377 g/mol. The van der Waals surface area contributed by atoms with Gasteiger partial charge in [-0.3, -0.25) is 0 Å². The van der Waals surface area contributed by atoms with Gasteiger partial charge in [0.2, 0.25) is 0 Å². The maximum Gasteiger partial charge on any atom is 0.342 e. The van der Waals surface area contributed by atoms with E-state index in [1.54, 1.807) is 0 Å². The van der Waals surface area contributed by atoms with Crippen molar-refractivity contribution >= 4 is 16.9 Å². The molecule has 0 unspecified atom stereocenters. The second kappa shape index (κ2) is 6.21. The molecule has 1 amide bonds. The number of fused-ring (bicyclic) bond motifs is 2. The predicted octanol–water partition coefficient (Wildman–Crippen LogP) is 2.96. The Bertz CT molecular complexity index is 1080. The zero-order chi connectivity index (χ0) is 19.6. The van der Waals surface area contributed by atoms with Crippen LogP contribution in [0.3, 0.4) is 0 Å². The number of nitrogens with zero attached hydrogens (tertiary/aromatic N) is 4. The number of nitrogens with one attached hydrogen (secondary N) is 1. The van der Waals surface area contributed by atoms with Crippen molar-refractivity contribution in [1.29, 1.82) is 0 Å². The minimum absolute atomic E-state index is 0.114. The van der Waals surface area contributed by atoms with Gasteiger partial charge in [-0.25, -0.2) is 4.79 Å². The number of aryl methyl sites for hydroxylation is 3. The molecular weight excluding hydrogens is 350 g/mol. The number of amides is 1. The van der Waals surface area contributed by atoms with Crippen LogP contribution in [0.5, 0.6) is 0 Å². The average Bonchev–Trinajstić information content (AvgIpc) is 3.16. The molecule has 146 valence electrons. The van der Waals surface area contributed by atoms with Crippen LogP contribution in [0, 0.1) is 13.8 Å². The smallest absolute Gasteiger partial charge is 0.342 e. The number of piperidine rings is 1. The Balaban J connectivity index is 1.45. The maximum absolute atomic E-state index is 12.8. The van der Waals surface area contributed by atoms with E-state index in [0.717, 1.165) is 30.8 Å². The van der Waals surface area contributed by atoms with Crippen LogP contribution in [0.15, 0.2) is 30.5 Å². The third kappa shape index (κ3) is 2.58. The number of benzene rings is 1. The van der Waals surface area contributed by atoms with E-state index in [4.69, 9.17) is 0 Å². The van der Waals surface area contributed by atoms with Gasteiger partial charge in [-0.15, -0.1) is 0 Å². The summed E-state index contributed by atoms with van der Waals surface area (Å²) in [6.45, 7) is 4.70. The highest BCUT2D eigenvalue weighted by Gasteiger charge is 2.40. The second-order valence-electron chi connectivity index (χ2n) is 8.55. The first kappa shape index (κ1) is 17.5. The van der Waals surface area contributed by atoms with Crippen LogP contribution >= 0.6 is 0 Å². The number of rotatable bonds is 1. The van der Waals surface area contributed by atoms with Gasteiger partial charge in [-0.2, -0.15) is 9.78 Å². The van der Waals surface area contributed by atoms with Crippen LogP contribution in [-0.2, 0) is 13.5 Å². The van der Waals surface area contributed by atoms with Crippen molar-refractivity contribution in [2.45, 2.75) is 44.7 Å². The molecule has 2 aliphatic rings. The number of likely N-dealkylation sites (N-methyl/N-ethyl adjacent to an activating group) is 1. The Morgan fingerprint density at radius 1 is 1.25 bits per heavy atom. The first-order valence-corrected chi connectivity index (χ1v) is 10.0. The van der Waals surface area contributed by atoms with E-state index in [1.165, 1.54) is 26.7 Å². The van der Waals surface area contributed by atoms with Crippen LogP contribution in [0.2, 0.25) is 0 Å². The minimum Gasteiger partial charge on any atom is -0.350 e. The van der Waals surface area contributed by atoms with Gasteiger partial charge in [0.15, 0.2) is 0 Å². The molecule has 5 rings (SSSR count). The van der Waals surface area contributed by atoms with Gasteiger partial charge in [0.05, 0.1) is 5.69 Å². The molecule has 1 aliphatic carbocycles. The Kier molecular flexibility index (Phi) is 3.88. The second-order valence-corrected chi connectivity index (χ2v) is 8.55. The topological polar surface area (TPSA) is 55.1 Å². The van der Waals surface area contributed by atoms with E-state index in [2.05, 4.69) is 58.4 Å². The van der Waals surface area contributed by atoms with Crippen molar-refractivity contribution in [1.82, 2.24) is 24.6 Å². The number of hydrogen-bond acceptors (Lipinski definition) is 3. The molecule has 1 saturated heterocycles. The molecule has 1 N–H and O–H groups in total. The third-order valence-corrected chi connectivity index (χ3v) is 6.56. The number of carbonyl (C=O) groups excluding carboxylic acids is 1. The molecule has 0 bridgehead atoms. The van der Waals surface area contributed by atoms with E-state index in [0.29, 0.717) is 12.0 Å². The average molecular weight is 377 g/mol. The molecule has 3 heterocycles. The van der Waals surface area contributed by atoms with Gasteiger partial charge in [-0.1, -0.05) is 12.1 Å². The van der Waals surface area contributed by atoms with Gasteiger partial charge in [-0.05, 0) is 57.0 Å². The highest BCUT2D eigenvalue weighted by molar-refractivity contribution is 5.89. The Morgan fingerprint density at radius 2 is 2.07 bits per heavy atom. The summed E-state index contributed by atoms with van der Waals surface area (Å²) in [6, 6.07) is 9.06. The largest absolute Gasteiger partial charge is 0.350 e. The minimum atomic E-state index is -0.128. The fourth-order valence-corrected chi connectivity index (χ4v) is 5.39. The van der Waals surface area contributed by atoms with Crippen molar-refractivity contribution in [3.05, 3.63) is 53.0 Å². The van der Waals surface area contributed by atoms with E-state index in [-0.39, 0.29) is 12.1 Å². The summed E-state index contributed by atoms with van der Waals surface area (Å²) in [7, 11) is 4.32. The Hall–Kier alpha value is -2.60. The standard InChI is InChI=1S/C22H27N5O/c1-13-8-14(2)27(24-13)22(28)23-16-10-18-17-6-5-7-19-21(17)15(11-25(19)3)9-20(18)26(4)12-16/h5-8,11,16,18,20H,9-10,12H2,1-4H3,(H,23,28)/t16-,18+,20-/m0/s1. The zero-order valence-corrected chi connectivity index (χ0v) is 16.9. The summed E-state index contributed by atoms with van der Waals surface area (Å²) in [5, 5.41) is 8.98. The van der Waals surface area contributed by atoms with E-state index in [1.807, 2.05) is 19.9 Å². The molecule has 0 saturated carbocycles. The summed E-state index contributed by atoms with van der Waals surface area (Å²) in [5.74, 6) is 0.433. The molecular formula is C22H27N5O. The highest BCUT2D eigenvalue weighted by Crippen LogP contribution is 2.43. The number of carbonyl (C=O) groups is 1. The molecule has 0 radical (unpaired) electrons. The van der Waals surface area contributed by atoms with Crippen LogP contribution in [-0.4, -0.2) is 51.0 Å². The van der Waals surface area contributed by atoms with Gasteiger partial charge in [0, 0.05) is 54.4 Å². The molecule has 6 nitrogen and oxygen atoms in total. The summed E-state index contributed by atoms with van der Waals surface area (Å²) >= 11 is 0. The molecule has 0 spiro atoms. The summed E-state index contributed by atoms with van der Waals surface area (Å²) in [4.78, 5) is 15.2. The van der Waals surface area contributed by atoms with Crippen LogP contribution in [0.1, 0.15) is 34.9 Å². The molecule has 1 aromatic carbocycles. The predicted molar refractivity (Wildman–Crippen MR) is 110 cm³/mol. The van der Waals surface area contributed by atoms with E-state index in [9.17, 15) is 4.79 Å². The lowest BCUT2D eigenvalue weighted by Crippen LogP contribution is -2.55. The first-order valence-electron chi connectivity index (χ1n) is 10.0. The molecule has 3 aromatic rings. The van der Waals surface area contributed by atoms with Crippen molar-refractivity contribution < 1.29 is 4.79 Å². The molecule has 28 heavy (non-hydrogen) atoms. The Labute approximate surface area is 165 Å². The lowest BCUT2D eigenvalue weighted by molar-refractivity contribution is 0.128. The zero-order valence-electron chi connectivity index (χ0n) is 16.9. The fourth-order valence-electron chi connectivity index (χ4n) is 5.39. The SMILES string of the molecule is Cc1cc(C)n(C(=O)N[C@H]2C[C@@H]3c4cccc5c4c(cn5C)C[C@@H]3N(C)C2)n1. The molecule has 6 heteroatoms. The molecule has 1 fully saturated rings. The molecule has 2 aromatic heterocycles. The van der Waals surface area contributed by atoms with Gasteiger partial charge < -0.3 is 14.8 Å². The maximum atomic E-state index is 12.8. The fraction of sp³-hybridized carbons (Fsp3) is 0.455. The van der Waals surface area contributed by atoms with Crippen LogP contribution in [0.25, 0.3) is 10.9 Å². The highest BCUT2D eigenvalue weighted by atomic mass is 16.2. The van der Waals surface area contributed by atoms with Crippen molar-refractivity contribution in [3.63, 3.8) is 0 Å². The lowest BCUT2D eigenvalue weighted by Gasteiger charge is -2.45. The number of aromatic nitrogens is 3. The third-order valence-electron chi connectivity index (χ3n) is 6.56. The van der Waals surface area contributed by atoms with Crippen molar-refractivity contribution in [2.24, 2.45) is 7.05 Å². The number of likely N-dealkylation sites (tertiary alicyclic amines) is 1. The van der Waals surface area contributed by atoms with Gasteiger partial charge in [0.25, 0.3) is 0 Å². The normalized spacial score (nSPS) is 24.4. The first-order chi connectivity index (χ1) is 13.4. The van der Waals surface area contributed by atoms with Crippen LogP contribution in [0.4, 0.5) is 4.79 Å². The summed E-state index contributed by atoms with van der Waals surface area (Å²) < 4.78 is 3.73. The van der Waals surface area contributed by atoms with Gasteiger partial charge in [0.1, 0.15) is 0 Å². The molecule has 1 aliphatic heterocycles. The van der Waals surface area contributed by atoms with Crippen molar-refractivity contribution in [2.75, 3.05) is 13.6 Å². The quantitative estimate of drug-likeness (QED) is 0.709. The summed E-state index contributed by atoms with van der Waals surface area (Å²) in [5.41, 5.74) is 5.92. The lowest BCUT2D eigenvalue weighted by atomic mass is 9.74. The van der Waals surface area contributed by atoms with E-state index >= 15 is 0 Å². The molecule has 3 atom stereocenters. The van der Waals surface area contributed by atoms with Crippen LogP contribution < -0.4 is 5.32 Å². The Morgan fingerprint density at radius 3 is 2.82 bits per heavy atom. The summed E-state index contributed by atoms with van der Waals surface area (Å²) in [6.07, 6.45) is 4.33. The van der Waals surface area contributed by atoms with Crippen molar-refractivity contribution in [3.8, 4) is 0 Å². The van der Waals surface area contributed by atoms with E-state index < -0.39 is 0 Å². The number of hydrogen-bond donors (Lipinski definition) is 1.